The first-order valence-electron chi connectivity index (χ1n) is 12.8. The molecule has 0 radical (unpaired) electrons. The summed E-state index contributed by atoms with van der Waals surface area (Å²) in [7, 11) is 0. The Labute approximate surface area is 250 Å². The normalized spacial score (nSPS) is 10.6. The van der Waals surface area contributed by atoms with Crippen molar-refractivity contribution in [2.45, 2.75) is 19.5 Å². The quantitative estimate of drug-likeness (QED) is 0.132. The van der Waals surface area contributed by atoms with Crippen LogP contribution in [0.3, 0.4) is 0 Å². The number of alkyl halides is 3. The number of anilines is 2. The topological polar surface area (TPSA) is 148 Å². The molecule has 3 rings (SSSR count). The fourth-order valence-electron chi connectivity index (χ4n) is 3.25. The van der Waals surface area contributed by atoms with Crippen LogP contribution >= 0.6 is 11.6 Å². The number of halogens is 4. The van der Waals surface area contributed by atoms with E-state index in [0.29, 0.717) is 50.2 Å². The van der Waals surface area contributed by atoms with Gasteiger partial charge in [-0.05, 0) is 55.0 Å². The van der Waals surface area contributed by atoms with Gasteiger partial charge in [-0.1, -0.05) is 18.5 Å². The molecule has 0 saturated heterocycles. The molecule has 232 valence electrons. The molecular formula is C28H30ClF3N4O7. The maximum atomic E-state index is 13.0. The van der Waals surface area contributed by atoms with E-state index >= 15 is 0 Å². The second kappa shape index (κ2) is 18.2. The number of carbonyl (C=O) groups is 3. The van der Waals surface area contributed by atoms with Crippen LogP contribution in [0.1, 0.15) is 29.4 Å². The summed E-state index contributed by atoms with van der Waals surface area (Å²) in [6, 6.07) is 11.6. The third kappa shape index (κ3) is 13.0. The van der Waals surface area contributed by atoms with Gasteiger partial charge in [-0.15, -0.1) is 0 Å². The number of hydrogen-bond donors (Lipinski definition) is 4. The molecule has 1 aromatic heterocycles. The van der Waals surface area contributed by atoms with Gasteiger partial charge in [0.25, 0.3) is 12.4 Å². The number of urea groups is 1. The SMILES string of the molecule is CCCOCCOCCNC(=O)c1cc(Oc2ccc(NC(=O)Nc3ccc(Cl)c(C(F)(F)F)c3)cc2)ccn1.O=CO. The van der Waals surface area contributed by atoms with Crippen LogP contribution < -0.4 is 20.7 Å². The van der Waals surface area contributed by atoms with Gasteiger partial charge in [-0.2, -0.15) is 13.2 Å². The van der Waals surface area contributed by atoms with Gasteiger partial charge in [0.05, 0.1) is 30.4 Å². The van der Waals surface area contributed by atoms with Crippen molar-refractivity contribution in [3.05, 3.63) is 77.1 Å². The Hall–Kier alpha value is -4.40. The first-order chi connectivity index (χ1) is 20.6. The molecule has 3 aromatic rings. The Bertz CT molecular complexity index is 1330. The van der Waals surface area contributed by atoms with Crippen molar-refractivity contribution in [1.82, 2.24) is 10.3 Å². The van der Waals surface area contributed by atoms with Crippen LogP contribution in [0.4, 0.5) is 29.3 Å². The van der Waals surface area contributed by atoms with Crippen LogP contribution in [0, 0.1) is 0 Å². The largest absolute Gasteiger partial charge is 0.483 e. The van der Waals surface area contributed by atoms with Crippen molar-refractivity contribution >= 4 is 41.4 Å². The van der Waals surface area contributed by atoms with Crippen molar-refractivity contribution in [1.29, 1.82) is 0 Å². The highest BCUT2D eigenvalue weighted by Gasteiger charge is 2.33. The molecule has 3 amide bonds. The Balaban J connectivity index is 0.00000206. The van der Waals surface area contributed by atoms with Crippen LogP contribution in [0.15, 0.2) is 60.8 Å². The minimum Gasteiger partial charge on any atom is -0.483 e. The molecule has 0 saturated carbocycles. The highest BCUT2D eigenvalue weighted by molar-refractivity contribution is 6.31. The summed E-state index contributed by atoms with van der Waals surface area (Å²) in [6.07, 6.45) is -2.27. The van der Waals surface area contributed by atoms with E-state index < -0.39 is 22.8 Å². The molecule has 4 N–H and O–H groups in total. The third-order valence-corrected chi connectivity index (χ3v) is 5.42. The predicted octanol–water partition coefficient (Wildman–Crippen LogP) is 6.06. The lowest BCUT2D eigenvalue weighted by molar-refractivity contribution is -0.137. The van der Waals surface area contributed by atoms with Crippen molar-refractivity contribution in [2.75, 3.05) is 43.6 Å². The standard InChI is InChI=1S/C27H28ClF3N4O5.CH2O2/c1-2-12-38-14-15-39-13-11-33-25(36)24-17-21(9-10-32-24)40-20-6-3-18(4-7-20)34-26(37)35-19-5-8-23(28)22(16-19)27(29,30)31;2-1-3/h3-10,16-17H,2,11-15H2,1H3,(H,33,36)(H2,34,35,37);1H,(H,2,3). The lowest BCUT2D eigenvalue weighted by atomic mass is 10.2. The molecule has 0 bridgehead atoms. The van der Waals surface area contributed by atoms with Crippen molar-refractivity contribution < 1.29 is 46.9 Å². The summed E-state index contributed by atoms with van der Waals surface area (Å²) < 4.78 is 55.6. The Morgan fingerprint density at radius 1 is 0.930 bits per heavy atom. The number of carbonyl (C=O) groups excluding carboxylic acids is 2. The van der Waals surface area contributed by atoms with Gasteiger partial charge in [-0.3, -0.25) is 14.6 Å². The molecular weight excluding hydrogens is 597 g/mol. The van der Waals surface area contributed by atoms with E-state index in [1.165, 1.54) is 18.3 Å². The molecule has 2 aromatic carbocycles. The highest BCUT2D eigenvalue weighted by Crippen LogP contribution is 2.36. The van der Waals surface area contributed by atoms with E-state index in [1.807, 2.05) is 6.92 Å². The monoisotopic (exact) mass is 626 g/mol. The molecule has 1 heterocycles. The zero-order valence-corrected chi connectivity index (χ0v) is 23.7. The predicted molar refractivity (Wildman–Crippen MR) is 153 cm³/mol. The summed E-state index contributed by atoms with van der Waals surface area (Å²) in [5.41, 5.74) is -0.599. The number of benzene rings is 2. The van der Waals surface area contributed by atoms with E-state index in [2.05, 4.69) is 20.9 Å². The highest BCUT2D eigenvalue weighted by atomic mass is 35.5. The number of aromatic nitrogens is 1. The number of nitrogens with zero attached hydrogens (tertiary/aromatic N) is 1. The van der Waals surface area contributed by atoms with Crippen molar-refractivity contribution in [3.63, 3.8) is 0 Å². The number of carboxylic acid groups (broad SMARTS) is 1. The fourth-order valence-corrected chi connectivity index (χ4v) is 3.47. The molecule has 43 heavy (non-hydrogen) atoms. The maximum absolute atomic E-state index is 13.0. The number of pyridine rings is 1. The summed E-state index contributed by atoms with van der Waals surface area (Å²) in [5.74, 6) is 0.394. The Morgan fingerprint density at radius 3 is 2.21 bits per heavy atom. The summed E-state index contributed by atoms with van der Waals surface area (Å²) in [4.78, 5) is 37.0. The first kappa shape index (κ1) is 34.8. The fraction of sp³-hybridized carbons (Fsp3) is 0.286. The van der Waals surface area contributed by atoms with Crippen LogP contribution in [0.5, 0.6) is 11.5 Å². The van der Waals surface area contributed by atoms with Gasteiger partial charge in [0.1, 0.15) is 17.2 Å². The molecule has 0 spiro atoms. The number of amides is 3. The molecule has 0 aliphatic heterocycles. The second-order valence-electron chi connectivity index (χ2n) is 8.36. The van der Waals surface area contributed by atoms with E-state index in [-0.39, 0.29) is 23.8 Å². The number of ether oxygens (including phenoxy) is 3. The molecule has 0 aliphatic carbocycles. The van der Waals surface area contributed by atoms with E-state index in [0.717, 1.165) is 18.6 Å². The summed E-state index contributed by atoms with van der Waals surface area (Å²) >= 11 is 5.60. The van der Waals surface area contributed by atoms with Crippen molar-refractivity contribution in [3.8, 4) is 11.5 Å². The third-order valence-electron chi connectivity index (χ3n) is 5.09. The van der Waals surface area contributed by atoms with E-state index in [1.54, 1.807) is 30.3 Å². The van der Waals surface area contributed by atoms with E-state index in [4.69, 9.17) is 35.7 Å². The van der Waals surface area contributed by atoms with Gasteiger partial charge < -0.3 is 35.3 Å². The number of hydrogen-bond acceptors (Lipinski definition) is 7. The Morgan fingerprint density at radius 2 is 1.56 bits per heavy atom. The lowest BCUT2D eigenvalue weighted by Gasteiger charge is -2.12. The average Bonchev–Trinajstić information content (AvgIpc) is 2.96. The average molecular weight is 627 g/mol. The summed E-state index contributed by atoms with van der Waals surface area (Å²) in [6.45, 7) is 4.05. The molecule has 0 aliphatic rings. The van der Waals surface area contributed by atoms with Crippen LogP contribution in [0.25, 0.3) is 0 Å². The van der Waals surface area contributed by atoms with Crippen LogP contribution in [-0.4, -0.2) is 61.5 Å². The molecule has 15 heteroatoms. The molecule has 0 unspecified atom stereocenters. The zero-order chi connectivity index (χ0) is 31.7. The maximum Gasteiger partial charge on any atom is 0.417 e. The smallest absolute Gasteiger partial charge is 0.417 e. The molecule has 0 fully saturated rings. The van der Waals surface area contributed by atoms with Gasteiger partial charge in [0, 0.05) is 36.8 Å². The minimum absolute atomic E-state index is 0.0729. The van der Waals surface area contributed by atoms with Crippen LogP contribution in [-0.2, 0) is 20.4 Å². The number of rotatable bonds is 13. The number of nitrogens with one attached hydrogen (secondary N) is 3. The van der Waals surface area contributed by atoms with E-state index in [9.17, 15) is 22.8 Å². The first-order valence-corrected chi connectivity index (χ1v) is 13.2. The zero-order valence-electron chi connectivity index (χ0n) is 22.9. The van der Waals surface area contributed by atoms with Gasteiger partial charge in [-0.25, -0.2) is 4.79 Å². The molecule has 11 nitrogen and oxygen atoms in total. The van der Waals surface area contributed by atoms with Gasteiger partial charge >= 0.3 is 12.2 Å². The van der Waals surface area contributed by atoms with Crippen LogP contribution in [0.2, 0.25) is 5.02 Å². The molecule has 0 atom stereocenters. The summed E-state index contributed by atoms with van der Waals surface area (Å²) in [5, 5.41) is 14.0. The second-order valence-corrected chi connectivity index (χ2v) is 8.77. The lowest BCUT2D eigenvalue weighted by Crippen LogP contribution is -2.28. The van der Waals surface area contributed by atoms with Gasteiger partial charge in [0.15, 0.2) is 0 Å². The van der Waals surface area contributed by atoms with Crippen molar-refractivity contribution in [2.24, 2.45) is 0 Å². The van der Waals surface area contributed by atoms with Gasteiger partial charge in [0.2, 0.25) is 0 Å². The minimum atomic E-state index is -4.65. The Kier molecular flexibility index (Phi) is 14.7.